The molecule has 0 aliphatic rings. The van der Waals surface area contributed by atoms with Crippen molar-refractivity contribution in [1.82, 2.24) is 5.32 Å². The summed E-state index contributed by atoms with van der Waals surface area (Å²) in [5, 5.41) is 2.50. The number of rotatable bonds is 5. The van der Waals surface area contributed by atoms with Crippen LogP contribution in [-0.2, 0) is 17.9 Å². The van der Waals surface area contributed by atoms with Crippen molar-refractivity contribution in [3.05, 3.63) is 69.7 Å². The highest BCUT2D eigenvalue weighted by Crippen LogP contribution is 2.20. The number of nitrogens with one attached hydrogen (secondary N) is 1. The molecule has 0 spiro atoms. The normalized spacial score (nSPS) is 10.5. The van der Waals surface area contributed by atoms with Gasteiger partial charge in [-0.15, -0.1) is 0 Å². The SMILES string of the molecule is COCc1ccccc1CNC(=O)c1cc(F)c(F)cc1Cl. The first kappa shape index (κ1) is 16.4. The summed E-state index contributed by atoms with van der Waals surface area (Å²) in [4.78, 5) is 12.1. The number of benzene rings is 2. The molecule has 0 saturated carbocycles. The molecule has 0 radical (unpaired) electrons. The molecule has 116 valence electrons. The van der Waals surface area contributed by atoms with E-state index in [1.54, 1.807) is 7.11 Å². The Morgan fingerprint density at radius 2 is 1.82 bits per heavy atom. The van der Waals surface area contributed by atoms with Crippen LogP contribution in [0.2, 0.25) is 5.02 Å². The molecular formula is C16H14ClF2NO2. The Kier molecular flexibility index (Phi) is 5.46. The number of halogens is 3. The van der Waals surface area contributed by atoms with Gasteiger partial charge in [-0.1, -0.05) is 35.9 Å². The van der Waals surface area contributed by atoms with Crippen LogP contribution in [0.3, 0.4) is 0 Å². The number of carbonyl (C=O) groups excluding carboxylic acids is 1. The third-order valence-electron chi connectivity index (χ3n) is 3.11. The summed E-state index contributed by atoms with van der Waals surface area (Å²) in [5.74, 6) is -2.78. The Bertz CT molecular complexity index is 692. The van der Waals surface area contributed by atoms with E-state index >= 15 is 0 Å². The van der Waals surface area contributed by atoms with Gasteiger partial charge in [0.25, 0.3) is 5.91 Å². The summed E-state index contributed by atoms with van der Waals surface area (Å²) < 4.78 is 31.3. The predicted molar refractivity (Wildman–Crippen MR) is 79.7 cm³/mol. The van der Waals surface area contributed by atoms with Crippen molar-refractivity contribution in [3.8, 4) is 0 Å². The fourth-order valence-corrected chi connectivity index (χ4v) is 2.23. The van der Waals surface area contributed by atoms with Crippen LogP contribution in [0.25, 0.3) is 0 Å². The Morgan fingerprint density at radius 1 is 1.18 bits per heavy atom. The fourth-order valence-electron chi connectivity index (χ4n) is 1.99. The number of carbonyl (C=O) groups is 1. The van der Waals surface area contributed by atoms with Crippen LogP contribution < -0.4 is 5.32 Å². The lowest BCUT2D eigenvalue weighted by molar-refractivity contribution is 0.0950. The summed E-state index contributed by atoms with van der Waals surface area (Å²) in [7, 11) is 1.58. The predicted octanol–water partition coefficient (Wildman–Crippen LogP) is 3.69. The number of hydrogen-bond acceptors (Lipinski definition) is 2. The Morgan fingerprint density at radius 3 is 2.50 bits per heavy atom. The molecule has 0 aliphatic heterocycles. The van der Waals surface area contributed by atoms with Crippen molar-refractivity contribution in [2.45, 2.75) is 13.2 Å². The van der Waals surface area contributed by atoms with Crippen LogP contribution in [0.4, 0.5) is 8.78 Å². The molecule has 1 amide bonds. The molecule has 6 heteroatoms. The molecule has 3 nitrogen and oxygen atoms in total. The van der Waals surface area contributed by atoms with Gasteiger partial charge in [0.2, 0.25) is 0 Å². The fraction of sp³-hybridized carbons (Fsp3) is 0.188. The van der Waals surface area contributed by atoms with Gasteiger partial charge in [0.05, 0.1) is 17.2 Å². The first-order chi connectivity index (χ1) is 10.5. The monoisotopic (exact) mass is 325 g/mol. The minimum Gasteiger partial charge on any atom is -0.380 e. The number of hydrogen-bond donors (Lipinski definition) is 1. The van der Waals surface area contributed by atoms with Crippen LogP contribution in [0, 0.1) is 11.6 Å². The molecule has 0 saturated heterocycles. The van der Waals surface area contributed by atoms with Crippen LogP contribution in [0.1, 0.15) is 21.5 Å². The molecular weight excluding hydrogens is 312 g/mol. The quantitative estimate of drug-likeness (QED) is 0.851. The van der Waals surface area contributed by atoms with Gasteiger partial charge in [0.15, 0.2) is 11.6 Å². The Labute approximate surface area is 131 Å². The number of methoxy groups -OCH3 is 1. The van der Waals surface area contributed by atoms with Crippen molar-refractivity contribution in [2.75, 3.05) is 7.11 Å². The van der Waals surface area contributed by atoms with E-state index in [-0.39, 0.29) is 17.1 Å². The first-order valence-electron chi connectivity index (χ1n) is 6.51. The third kappa shape index (κ3) is 3.81. The zero-order valence-electron chi connectivity index (χ0n) is 11.8. The molecule has 0 aromatic heterocycles. The lowest BCUT2D eigenvalue weighted by Gasteiger charge is -2.11. The summed E-state index contributed by atoms with van der Waals surface area (Å²) >= 11 is 5.77. The van der Waals surface area contributed by atoms with Crippen LogP contribution in [0.15, 0.2) is 36.4 Å². The molecule has 0 bridgehead atoms. The van der Waals surface area contributed by atoms with E-state index in [1.165, 1.54) is 0 Å². The lowest BCUT2D eigenvalue weighted by Crippen LogP contribution is -2.24. The van der Waals surface area contributed by atoms with E-state index in [4.69, 9.17) is 16.3 Å². The Hall–Kier alpha value is -1.98. The number of amides is 1. The summed E-state index contributed by atoms with van der Waals surface area (Å²) in [6.07, 6.45) is 0. The van der Waals surface area contributed by atoms with E-state index in [2.05, 4.69) is 5.32 Å². The zero-order chi connectivity index (χ0) is 16.1. The van der Waals surface area contributed by atoms with E-state index in [0.29, 0.717) is 6.61 Å². The first-order valence-corrected chi connectivity index (χ1v) is 6.89. The van der Waals surface area contributed by atoms with E-state index in [0.717, 1.165) is 23.3 Å². The van der Waals surface area contributed by atoms with Gasteiger partial charge >= 0.3 is 0 Å². The minimum atomic E-state index is -1.12. The van der Waals surface area contributed by atoms with Crippen molar-refractivity contribution < 1.29 is 18.3 Å². The van der Waals surface area contributed by atoms with Gasteiger partial charge in [-0.05, 0) is 23.3 Å². The van der Waals surface area contributed by atoms with Gasteiger partial charge in [-0.2, -0.15) is 0 Å². The molecule has 2 rings (SSSR count). The van der Waals surface area contributed by atoms with Gasteiger partial charge in [0.1, 0.15) is 0 Å². The third-order valence-corrected chi connectivity index (χ3v) is 3.42. The van der Waals surface area contributed by atoms with E-state index in [1.807, 2.05) is 24.3 Å². The standard InChI is InChI=1S/C16H14ClF2NO2/c1-22-9-11-5-3-2-4-10(11)8-20-16(21)12-6-14(18)15(19)7-13(12)17/h2-7H,8-9H2,1H3,(H,20,21). The van der Waals surface area contributed by atoms with Gasteiger partial charge in [-0.3, -0.25) is 4.79 Å². The molecule has 2 aromatic rings. The van der Waals surface area contributed by atoms with Crippen molar-refractivity contribution in [2.24, 2.45) is 0 Å². The highest BCUT2D eigenvalue weighted by molar-refractivity contribution is 6.33. The van der Waals surface area contributed by atoms with Crippen LogP contribution in [0.5, 0.6) is 0 Å². The zero-order valence-corrected chi connectivity index (χ0v) is 12.6. The highest BCUT2D eigenvalue weighted by atomic mass is 35.5. The molecule has 22 heavy (non-hydrogen) atoms. The summed E-state index contributed by atoms with van der Waals surface area (Å²) in [5.41, 5.74) is 1.70. The highest BCUT2D eigenvalue weighted by Gasteiger charge is 2.15. The van der Waals surface area contributed by atoms with Crippen LogP contribution >= 0.6 is 11.6 Å². The smallest absolute Gasteiger partial charge is 0.253 e. The lowest BCUT2D eigenvalue weighted by atomic mass is 10.1. The summed E-state index contributed by atoms with van der Waals surface area (Å²) in [6.45, 7) is 0.645. The maximum absolute atomic E-state index is 13.2. The van der Waals surface area contributed by atoms with Crippen LogP contribution in [-0.4, -0.2) is 13.0 Å². The van der Waals surface area contributed by atoms with Gasteiger partial charge in [0, 0.05) is 13.7 Å². The summed E-state index contributed by atoms with van der Waals surface area (Å²) in [6, 6.07) is 9.01. The second-order valence-electron chi connectivity index (χ2n) is 4.63. The second-order valence-corrected chi connectivity index (χ2v) is 5.04. The molecule has 1 N–H and O–H groups in total. The average molecular weight is 326 g/mol. The van der Waals surface area contributed by atoms with Gasteiger partial charge in [-0.25, -0.2) is 8.78 Å². The molecule has 0 heterocycles. The molecule has 0 aliphatic carbocycles. The molecule has 0 fully saturated rings. The Balaban J connectivity index is 2.12. The van der Waals surface area contributed by atoms with E-state index < -0.39 is 17.5 Å². The van der Waals surface area contributed by atoms with E-state index in [9.17, 15) is 13.6 Å². The topological polar surface area (TPSA) is 38.3 Å². The molecule has 0 atom stereocenters. The van der Waals surface area contributed by atoms with Crippen molar-refractivity contribution in [1.29, 1.82) is 0 Å². The number of ether oxygens (including phenoxy) is 1. The maximum atomic E-state index is 13.2. The van der Waals surface area contributed by atoms with Crippen molar-refractivity contribution >= 4 is 17.5 Å². The molecule has 0 unspecified atom stereocenters. The van der Waals surface area contributed by atoms with Crippen molar-refractivity contribution in [3.63, 3.8) is 0 Å². The largest absolute Gasteiger partial charge is 0.380 e. The minimum absolute atomic E-state index is 0.107. The second kappa shape index (κ2) is 7.33. The average Bonchev–Trinajstić information content (AvgIpc) is 2.50. The molecule has 2 aromatic carbocycles. The van der Waals surface area contributed by atoms with Gasteiger partial charge < -0.3 is 10.1 Å². The maximum Gasteiger partial charge on any atom is 0.253 e.